The first-order valence-corrected chi connectivity index (χ1v) is 10.9. The van der Waals surface area contributed by atoms with E-state index in [0.29, 0.717) is 18.5 Å². The lowest BCUT2D eigenvalue weighted by atomic mass is 9.95. The number of carbonyl (C=O) groups excluding carboxylic acids is 3. The first-order chi connectivity index (χ1) is 13.9. The van der Waals surface area contributed by atoms with Gasteiger partial charge in [-0.25, -0.2) is 4.98 Å². The fourth-order valence-electron chi connectivity index (χ4n) is 4.17. The molecule has 0 aliphatic carbocycles. The van der Waals surface area contributed by atoms with Gasteiger partial charge in [-0.15, -0.1) is 11.3 Å². The van der Waals surface area contributed by atoms with Crippen LogP contribution in [0.2, 0.25) is 0 Å². The summed E-state index contributed by atoms with van der Waals surface area (Å²) in [5, 5.41) is 2.91. The van der Waals surface area contributed by atoms with Gasteiger partial charge in [0.2, 0.25) is 5.91 Å². The molecule has 4 rings (SSSR count). The van der Waals surface area contributed by atoms with Gasteiger partial charge in [0.25, 0.3) is 5.91 Å². The maximum Gasteiger partial charge on any atom is 0.252 e. The second-order valence-electron chi connectivity index (χ2n) is 8.12. The molecule has 2 amide bonds. The lowest BCUT2D eigenvalue weighted by molar-refractivity contribution is -0.142. The Morgan fingerprint density at radius 1 is 1.38 bits per heavy atom. The van der Waals surface area contributed by atoms with Crippen molar-refractivity contribution in [2.24, 2.45) is 5.92 Å². The molecular weight excluding hydrogens is 390 g/mol. The summed E-state index contributed by atoms with van der Waals surface area (Å²) >= 11 is 1.52. The third-order valence-corrected chi connectivity index (χ3v) is 6.34. The quantitative estimate of drug-likeness (QED) is 0.810. The van der Waals surface area contributed by atoms with Crippen LogP contribution < -0.4 is 5.32 Å². The monoisotopic (exact) mass is 415 g/mol. The minimum Gasteiger partial charge on any atom is -0.368 e. The molecular formula is C21H25N3O4S. The number of thiazole rings is 1. The lowest BCUT2D eigenvalue weighted by Gasteiger charge is -2.37. The number of Topliss-reactive ketones (excluding diaryl/α,β-unsaturated/α-hetero) is 1. The van der Waals surface area contributed by atoms with Crippen molar-refractivity contribution < 1.29 is 19.1 Å². The molecule has 154 valence electrons. The zero-order valence-electron chi connectivity index (χ0n) is 16.6. The van der Waals surface area contributed by atoms with Crippen molar-refractivity contribution in [2.75, 3.05) is 13.2 Å². The van der Waals surface area contributed by atoms with Gasteiger partial charge in [0.1, 0.15) is 18.7 Å². The number of carbonyl (C=O) groups is 3. The SMILES string of the molecule is CC(C)CC(NC(=O)c1ccc2scnc2c1)C(=O)N1CCCC2OCC(=O)C21. The van der Waals surface area contributed by atoms with Gasteiger partial charge in [0.05, 0.1) is 21.8 Å². The Morgan fingerprint density at radius 2 is 2.21 bits per heavy atom. The summed E-state index contributed by atoms with van der Waals surface area (Å²) in [6, 6.07) is 4.15. The van der Waals surface area contributed by atoms with E-state index in [1.807, 2.05) is 19.9 Å². The molecule has 2 aromatic rings. The second kappa shape index (κ2) is 8.20. The molecule has 0 radical (unpaired) electrons. The van der Waals surface area contributed by atoms with E-state index in [1.54, 1.807) is 22.5 Å². The van der Waals surface area contributed by atoms with Gasteiger partial charge in [-0.1, -0.05) is 13.8 Å². The van der Waals surface area contributed by atoms with Gasteiger partial charge in [-0.05, 0) is 43.4 Å². The molecule has 0 bridgehead atoms. The van der Waals surface area contributed by atoms with Crippen LogP contribution >= 0.6 is 11.3 Å². The Hall–Kier alpha value is -2.32. The van der Waals surface area contributed by atoms with Crippen LogP contribution in [-0.4, -0.2) is 58.8 Å². The molecule has 2 fully saturated rings. The number of piperidine rings is 1. The highest BCUT2D eigenvalue weighted by molar-refractivity contribution is 7.16. The minimum absolute atomic E-state index is 0.0494. The third kappa shape index (κ3) is 4.04. The van der Waals surface area contributed by atoms with E-state index in [-0.39, 0.29) is 36.2 Å². The van der Waals surface area contributed by atoms with Crippen molar-refractivity contribution in [3.63, 3.8) is 0 Å². The number of aromatic nitrogens is 1. The maximum atomic E-state index is 13.4. The van der Waals surface area contributed by atoms with Crippen LogP contribution in [0.1, 0.15) is 43.5 Å². The molecule has 1 aromatic carbocycles. The van der Waals surface area contributed by atoms with Gasteiger partial charge >= 0.3 is 0 Å². The Balaban J connectivity index is 1.54. The summed E-state index contributed by atoms with van der Waals surface area (Å²) in [5.74, 6) is -0.343. The van der Waals surface area contributed by atoms with Crippen molar-refractivity contribution in [2.45, 2.75) is 51.3 Å². The number of ketones is 1. The van der Waals surface area contributed by atoms with Crippen molar-refractivity contribution in [3.8, 4) is 0 Å². The highest BCUT2D eigenvalue weighted by atomic mass is 32.1. The van der Waals surface area contributed by atoms with Crippen LogP contribution in [-0.2, 0) is 14.3 Å². The van der Waals surface area contributed by atoms with Crippen LogP contribution in [0.3, 0.4) is 0 Å². The molecule has 3 heterocycles. The summed E-state index contributed by atoms with van der Waals surface area (Å²) in [6.45, 7) is 4.60. The van der Waals surface area contributed by atoms with Crippen molar-refractivity contribution >= 4 is 39.2 Å². The van der Waals surface area contributed by atoms with Crippen molar-refractivity contribution in [1.29, 1.82) is 0 Å². The van der Waals surface area contributed by atoms with Gasteiger partial charge in [-0.2, -0.15) is 0 Å². The Morgan fingerprint density at radius 3 is 3.00 bits per heavy atom. The van der Waals surface area contributed by atoms with Crippen LogP contribution in [0, 0.1) is 5.92 Å². The van der Waals surface area contributed by atoms with Gasteiger partial charge < -0.3 is 15.0 Å². The molecule has 1 N–H and O–H groups in total. The van der Waals surface area contributed by atoms with E-state index in [0.717, 1.165) is 23.1 Å². The molecule has 0 spiro atoms. The topological polar surface area (TPSA) is 88.6 Å². The Kier molecular flexibility index (Phi) is 5.65. The first-order valence-electron chi connectivity index (χ1n) is 10.0. The molecule has 29 heavy (non-hydrogen) atoms. The summed E-state index contributed by atoms with van der Waals surface area (Å²) in [6.07, 6.45) is 1.87. The fourth-order valence-corrected chi connectivity index (χ4v) is 4.83. The highest BCUT2D eigenvalue weighted by Gasteiger charge is 2.45. The average Bonchev–Trinajstić information content (AvgIpc) is 3.32. The van der Waals surface area contributed by atoms with E-state index < -0.39 is 12.1 Å². The number of ether oxygens (including phenoxy) is 1. The third-order valence-electron chi connectivity index (χ3n) is 5.53. The lowest BCUT2D eigenvalue weighted by Crippen LogP contribution is -2.58. The predicted molar refractivity (Wildman–Crippen MR) is 110 cm³/mol. The number of nitrogens with one attached hydrogen (secondary N) is 1. The standard InChI is InChI=1S/C21H25N3O4S/c1-12(2)8-15(21(27)24-7-3-4-17-19(24)16(25)10-28-17)23-20(26)13-5-6-18-14(9-13)22-11-29-18/h5-6,9,11-12,15,17,19H,3-4,7-8,10H2,1-2H3,(H,23,26). The smallest absolute Gasteiger partial charge is 0.252 e. The largest absolute Gasteiger partial charge is 0.368 e. The molecule has 1 aromatic heterocycles. The molecule has 2 aliphatic heterocycles. The average molecular weight is 416 g/mol. The van der Waals surface area contributed by atoms with E-state index in [9.17, 15) is 14.4 Å². The summed E-state index contributed by atoms with van der Waals surface area (Å²) < 4.78 is 6.57. The number of nitrogens with zero attached hydrogens (tertiary/aromatic N) is 2. The van der Waals surface area contributed by atoms with Crippen LogP contribution in [0.5, 0.6) is 0 Å². The first kappa shape index (κ1) is 20.0. The maximum absolute atomic E-state index is 13.4. The van der Waals surface area contributed by atoms with E-state index in [1.165, 1.54) is 11.3 Å². The number of fused-ring (bicyclic) bond motifs is 2. The number of hydrogen-bond donors (Lipinski definition) is 1. The van der Waals surface area contributed by atoms with Gasteiger partial charge in [0, 0.05) is 12.1 Å². The van der Waals surface area contributed by atoms with Gasteiger partial charge in [-0.3, -0.25) is 14.4 Å². The highest BCUT2D eigenvalue weighted by Crippen LogP contribution is 2.27. The van der Waals surface area contributed by atoms with Crippen molar-refractivity contribution in [1.82, 2.24) is 15.2 Å². The zero-order chi connectivity index (χ0) is 20.5. The molecule has 2 saturated heterocycles. The summed E-state index contributed by atoms with van der Waals surface area (Å²) in [5.41, 5.74) is 2.98. The minimum atomic E-state index is -0.680. The fraction of sp³-hybridized carbons (Fsp3) is 0.524. The Bertz CT molecular complexity index is 941. The molecule has 7 nitrogen and oxygen atoms in total. The predicted octanol–water partition coefficient (Wildman–Crippen LogP) is 2.40. The number of rotatable bonds is 5. The van der Waals surface area contributed by atoms with Crippen LogP contribution in [0.4, 0.5) is 0 Å². The number of likely N-dealkylation sites (tertiary alicyclic amines) is 1. The molecule has 2 aliphatic rings. The van der Waals surface area contributed by atoms with Gasteiger partial charge in [0.15, 0.2) is 5.78 Å². The molecule has 8 heteroatoms. The van der Waals surface area contributed by atoms with Crippen LogP contribution in [0.15, 0.2) is 23.7 Å². The molecule has 3 atom stereocenters. The number of hydrogen-bond acceptors (Lipinski definition) is 6. The molecule has 0 saturated carbocycles. The normalized spacial score (nSPS) is 22.7. The molecule has 3 unspecified atom stereocenters. The van der Waals surface area contributed by atoms with E-state index >= 15 is 0 Å². The van der Waals surface area contributed by atoms with Crippen molar-refractivity contribution in [3.05, 3.63) is 29.3 Å². The van der Waals surface area contributed by atoms with Crippen LogP contribution in [0.25, 0.3) is 10.2 Å². The van der Waals surface area contributed by atoms with E-state index in [4.69, 9.17) is 4.74 Å². The zero-order valence-corrected chi connectivity index (χ0v) is 17.4. The number of benzene rings is 1. The number of amides is 2. The summed E-state index contributed by atoms with van der Waals surface area (Å²) in [4.78, 5) is 44.4. The summed E-state index contributed by atoms with van der Waals surface area (Å²) in [7, 11) is 0. The second-order valence-corrected chi connectivity index (χ2v) is 9.01. The Labute approximate surface area is 173 Å². The van der Waals surface area contributed by atoms with E-state index in [2.05, 4.69) is 10.3 Å².